The van der Waals surface area contributed by atoms with Crippen LogP contribution in [0.15, 0.2) is 72.8 Å². The second-order valence-corrected chi connectivity index (χ2v) is 8.55. The Morgan fingerprint density at radius 3 is 2.66 bits per heavy atom. The van der Waals surface area contributed by atoms with E-state index in [0.29, 0.717) is 5.69 Å². The zero-order valence-electron chi connectivity index (χ0n) is 19.5. The van der Waals surface area contributed by atoms with E-state index in [1.165, 1.54) is 23.8 Å². The minimum atomic E-state index is -0.309. The Morgan fingerprint density at radius 1 is 1.03 bits per heavy atom. The van der Waals surface area contributed by atoms with Crippen LogP contribution in [0.5, 0.6) is 5.75 Å². The van der Waals surface area contributed by atoms with Gasteiger partial charge in [-0.3, -0.25) is 9.78 Å². The number of nitrogens with zero attached hydrogens (tertiary/aromatic N) is 1. The fourth-order valence-corrected chi connectivity index (χ4v) is 4.46. The number of para-hydroxylation sites is 2. The van der Waals surface area contributed by atoms with Gasteiger partial charge in [-0.2, -0.15) is 0 Å². The number of pyridine rings is 1. The largest absolute Gasteiger partial charge is 0.495 e. The van der Waals surface area contributed by atoms with Gasteiger partial charge in [-0.25, -0.2) is 4.39 Å². The molecule has 0 saturated carbocycles. The highest BCUT2D eigenvalue weighted by molar-refractivity contribution is 6.04. The van der Waals surface area contributed by atoms with Gasteiger partial charge in [0.25, 0.3) is 0 Å². The fourth-order valence-electron chi connectivity index (χ4n) is 4.46. The molecule has 2 N–H and O–H groups in total. The standard InChI is InChI=1S/C29H26FN3O2/c1-35-27-9-5-4-8-26(27)33-29-22-6-2-3-7-24(22)32-25-16-15-21(18-23(25)29)31-28(34)17-12-19-10-13-20(30)14-11-19/h4-5,8-18H,2-3,6-7H2,1H3,(H,31,34)(H,32,33). The van der Waals surface area contributed by atoms with Crippen molar-refractivity contribution in [2.24, 2.45) is 0 Å². The average Bonchev–Trinajstić information content (AvgIpc) is 2.89. The third-order valence-corrected chi connectivity index (χ3v) is 6.19. The average molecular weight is 468 g/mol. The molecular formula is C29H26FN3O2. The minimum absolute atomic E-state index is 0.265. The van der Waals surface area contributed by atoms with Crippen LogP contribution in [0.3, 0.4) is 0 Å². The van der Waals surface area contributed by atoms with Crippen LogP contribution in [0.4, 0.5) is 21.5 Å². The lowest BCUT2D eigenvalue weighted by molar-refractivity contribution is -0.111. The van der Waals surface area contributed by atoms with Gasteiger partial charge in [0.2, 0.25) is 5.91 Å². The van der Waals surface area contributed by atoms with E-state index >= 15 is 0 Å². The Morgan fingerprint density at radius 2 is 1.83 bits per heavy atom. The van der Waals surface area contributed by atoms with Crippen molar-refractivity contribution in [1.82, 2.24) is 4.98 Å². The maximum atomic E-state index is 13.1. The summed E-state index contributed by atoms with van der Waals surface area (Å²) < 4.78 is 18.7. The maximum Gasteiger partial charge on any atom is 0.248 e. The first-order chi connectivity index (χ1) is 17.1. The zero-order chi connectivity index (χ0) is 24.2. The molecule has 5 nitrogen and oxygen atoms in total. The summed E-state index contributed by atoms with van der Waals surface area (Å²) in [7, 11) is 1.66. The van der Waals surface area contributed by atoms with Crippen molar-refractivity contribution >= 4 is 39.9 Å². The van der Waals surface area contributed by atoms with Gasteiger partial charge >= 0.3 is 0 Å². The molecule has 1 aromatic heterocycles. The van der Waals surface area contributed by atoms with E-state index in [1.54, 1.807) is 25.3 Å². The number of nitrogens with one attached hydrogen (secondary N) is 2. The first-order valence-electron chi connectivity index (χ1n) is 11.7. The molecule has 1 heterocycles. The summed E-state index contributed by atoms with van der Waals surface area (Å²) in [5, 5.41) is 7.47. The van der Waals surface area contributed by atoms with Gasteiger partial charge < -0.3 is 15.4 Å². The predicted octanol–water partition coefficient (Wildman–Crippen LogP) is 6.66. The van der Waals surface area contributed by atoms with Gasteiger partial charge in [-0.15, -0.1) is 0 Å². The lowest BCUT2D eigenvalue weighted by atomic mass is 9.92. The summed E-state index contributed by atoms with van der Waals surface area (Å²) in [5.41, 5.74) is 6.53. The molecule has 0 unspecified atom stereocenters. The number of hydrogen-bond donors (Lipinski definition) is 2. The number of aromatic nitrogens is 1. The van der Waals surface area contributed by atoms with E-state index in [0.717, 1.165) is 65.0 Å². The molecule has 4 aromatic rings. The molecule has 1 aliphatic rings. The number of ether oxygens (including phenoxy) is 1. The number of fused-ring (bicyclic) bond motifs is 2. The van der Waals surface area contributed by atoms with Gasteiger partial charge in [0.15, 0.2) is 0 Å². The van der Waals surface area contributed by atoms with Crippen LogP contribution >= 0.6 is 0 Å². The molecule has 0 aliphatic heterocycles. The van der Waals surface area contributed by atoms with Gasteiger partial charge in [-0.05, 0) is 85.4 Å². The molecule has 3 aromatic carbocycles. The summed E-state index contributed by atoms with van der Waals surface area (Å²) in [6, 6.07) is 19.6. The van der Waals surface area contributed by atoms with Crippen LogP contribution in [0, 0.1) is 5.82 Å². The molecule has 0 bridgehead atoms. The number of rotatable bonds is 6. The van der Waals surface area contributed by atoms with Crippen molar-refractivity contribution in [2.45, 2.75) is 25.7 Å². The normalized spacial score (nSPS) is 13.0. The van der Waals surface area contributed by atoms with Crippen LogP contribution in [0.2, 0.25) is 0 Å². The SMILES string of the molecule is COc1ccccc1Nc1c2c(nc3ccc(NC(=O)C=Cc4ccc(F)cc4)cc13)CCCC2. The summed E-state index contributed by atoms with van der Waals surface area (Å²) in [6.07, 6.45) is 7.25. The molecule has 0 fully saturated rings. The Hall–Kier alpha value is -4.19. The van der Waals surface area contributed by atoms with E-state index in [4.69, 9.17) is 9.72 Å². The summed E-state index contributed by atoms with van der Waals surface area (Å²) >= 11 is 0. The number of carbonyl (C=O) groups is 1. The molecule has 5 rings (SSSR count). The van der Waals surface area contributed by atoms with E-state index in [9.17, 15) is 9.18 Å². The first-order valence-corrected chi connectivity index (χ1v) is 11.7. The zero-order valence-corrected chi connectivity index (χ0v) is 19.5. The molecular weight excluding hydrogens is 441 g/mol. The minimum Gasteiger partial charge on any atom is -0.495 e. The van der Waals surface area contributed by atoms with Crippen LogP contribution in [0.25, 0.3) is 17.0 Å². The second-order valence-electron chi connectivity index (χ2n) is 8.55. The highest BCUT2D eigenvalue weighted by Crippen LogP contribution is 2.38. The topological polar surface area (TPSA) is 63.2 Å². The summed E-state index contributed by atoms with van der Waals surface area (Å²) in [4.78, 5) is 17.5. The molecule has 1 aliphatic carbocycles. The van der Waals surface area contributed by atoms with Crippen molar-refractivity contribution in [3.63, 3.8) is 0 Å². The Balaban J connectivity index is 1.49. The summed E-state index contributed by atoms with van der Waals surface area (Å²) in [5.74, 6) is 0.187. The Kier molecular flexibility index (Phi) is 6.44. The number of methoxy groups -OCH3 is 1. The number of amides is 1. The van der Waals surface area contributed by atoms with Crippen molar-refractivity contribution in [3.8, 4) is 5.75 Å². The smallest absolute Gasteiger partial charge is 0.248 e. The molecule has 0 spiro atoms. The van der Waals surface area contributed by atoms with Crippen molar-refractivity contribution < 1.29 is 13.9 Å². The molecule has 6 heteroatoms. The lowest BCUT2D eigenvalue weighted by Crippen LogP contribution is -2.11. The third kappa shape index (κ3) is 5.01. The fraction of sp³-hybridized carbons (Fsp3) is 0.172. The molecule has 0 saturated heterocycles. The number of aryl methyl sites for hydroxylation is 1. The van der Waals surface area contributed by atoms with Gasteiger partial charge in [0.1, 0.15) is 11.6 Å². The number of halogens is 1. The number of carbonyl (C=O) groups excluding carboxylic acids is 1. The molecule has 176 valence electrons. The van der Waals surface area contributed by atoms with E-state index in [2.05, 4.69) is 10.6 Å². The molecule has 0 radical (unpaired) electrons. The number of anilines is 3. The maximum absolute atomic E-state index is 13.1. The first kappa shape index (κ1) is 22.6. The van der Waals surface area contributed by atoms with E-state index in [-0.39, 0.29) is 11.7 Å². The molecule has 35 heavy (non-hydrogen) atoms. The van der Waals surface area contributed by atoms with Crippen LogP contribution < -0.4 is 15.4 Å². The highest BCUT2D eigenvalue weighted by atomic mass is 19.1. The monoisotopic (exact) mass is 467 g/mol. The molecule has 0 atom stereocenters. The third-order valence-electron chi connectivity index (χ3n) is 6.19. The predicted molar refractivity (Wildman–Crippen MR) is 139 cm³/mol. The van der Waals surface area contributed by atoms with Crippen LogP contribution in [0.1, 0.15) is 29.7 Å². The lowest BCUT2D eigenvalue weighted by Gasteiger charge is -2.22. The van der Waals surface area contributed by atoms with Crippen LogP contribution in [-0.4, -0.2) is 18.0 Å². The van der Waals surface area contributed by atoms with E-state index < -0.39 is 0 Å². The van der Waals surface area contributed by atoms with Crippen molar-refractivity contribution in [2.75, 3.05) is 17.7 Å². The molecule has 1 amide bonds. The summed E-state index contributed by atoms with van der Waals surface area (Å²) in [6.45, 7) is 0. The Bertz CT molecular complexity index is 1410. The van der Waals surface area contributed by atoms with Gasteiger partial charge in [0.05, 0.1) is 24.0 Å². The quantitative estimate of drug-likeness (QED) is 0.311. The Labute approximate surface area is 203 Å². The number of benzene rings is 3. The van der Waals surface area contributed by atoms with Gasteiger partial charge in [-0.1, -0.05) is 24.3 Å². The highest BCUT2D eigenvalue weighted by Gasteiger charge is 2.19. The van der Waals surface area contributed by atoms with Crippen LogP contribution in [-0.2, 0) is 17.6 Å². The van der Waals surface area contributed by atoms with Gasteiger partial charge in [0, 0.05) is 22.8 Å². The number of hydrogen-bond acceptors (Lipinski definition) is 4. The second kappa shape index (κ2) is 9.97. The van der Waals surface area contributed by atoms with Crippen molar-refractivity contribution in [1.29, 1.82) is 0 Å². The van der Waals surface area contributed by atoms with E-state index in [1.807, 2.05) is 42.5 Å². The van der Waals surface area contributed by atoms with Crippen molar-refractivity contribution in [3.05, 3.63) is 95.4 Å².